The third-order valence-electron chi connectivity index (χ3n) is 4.02. The summed E-state index contributed by atoms with van der Waals surface area (Å²) in [5.74, 6) is 0.855. The van der Waals surface area contributed by atoms with E-state index in [0.29, 0.717) is 11.6 Å². The standard InChI is InChI=1S/C14H19N5/c1-11-2-3-12(8-15)14(17-11)19-6-4-18(5-7-19)13-9-16-10-13/h2-3,13,16H,4-7,9-10H2,1H3. The number of aromatic nitrogens is 1. The Morgan fingerprint density at radius 1 is 1.26 bits per heavy atom. The molecule has 0 radical (unpaired) electrons. The zero-order valence-electron chi connectivity index (χ0n) is 11.3. The van der Waals surface area contributed by atoms with E-state index in [9.17, 15) is 5.26 Å². The summed E-state index contributed by atoms with van der Waals surface area (Å²) in [7, 11) is 0. The molecule has 19 heavy (non-hydrogen) atoms. The summed E-state index contributed by atoms with van der Waals surface area (Å²) < 4.78 is 0. The molecule has 1 aromatic rings. The predicted octanol–water partition coefficient (Wildman–Crippen LogP) is 0.355. The van der Waals surface area contributed by atoms with Crippen molar-refractivity contribution in [1.82, 2.24) is 15.2 Å². The predicted molar refractivity (Wildman–Crippen MR) is 74.1 cm³/mol. The van der Waals surface area contributed by atoms with Gasteiger partial charge >= 0.3 is 0 Å². The van der Waals surface area contributed by atoms with Gasteiger partial charge in [-0.05, 0) is 19.1 Å². The van der Waals surface area contributed by atoms with Crippen LogP contribution in [0, 0.1) is 18.3 Å². The van der Waals surface area contributed by atoms with Crippen molar-refractivity contribution in [2.24, 2.45) is 0 Å². The smallest absolute Gasteiger partial charge is 0.146 e. The fraction of sp³-hybridized carbons (Fsp3) is 0.571. The Bertz CT molecular complexity index is 495. The number of piperazine rings is 1. The van der Waals surface area contributed by atoms with Crippen LogP contribution in [0.25, 0.3) is 0 Å². The summed E-state index contributed by atoms with van der Waals surface area (Å²) in [6.07, 6.45) is 0. The van der Waals surface area contributed by atoms with Crippen molar-refractivity contribution < 1.29 is 0 Å². The van der Waals surface area contributed by atoms with E-state index >= 15 is 0 Å². The third kappa shape index (κ3) is 2.42. The van der Waals surface area contributed by atoms with Crippen LogP contribution in [0.3, 0.4) is 0 Å². The molecule has 0 bridgehead atoms. The van der Waals surface area contributed by atoms with E-state index in [1.165, 1.54) is 0 Å². The normalized spacial score (nSPS) is 20.9. The summed E-state index contributed by atoms with van der Waals surface area (Å²) in [4.78, 5) is 9.32. The van der Waals surface area contributed by atoms with Gasteiger partial charge in [0.2, 0.25) is 0 Å². The van der Waals surface area contributed by atoms with Crippen LogP contribution in [0.2, 0.25) is 0 Å². The molecule has 100 valence electrons. The van der Waals surface area contributed by atoms with Crippen LogP contribution in [0.15, 0.2) is 12.1 Å². The van der Waals surface area contributed by atoms with E-state index in [4.69, 9.17) is 0 Å². The van der Waals surface area contributed by atoms with Crippen molar-refractivity contribution in [1.29, 1.82) is 5.26 Å². The number of anilines is 1. The Morgan fingerprint density at radius 3 is 2.58 bits per heavy atom. The largest absolute Gasteiger partial charge is 0.353 e. The van der Waals surface area contributed by atoms with E-state index in [1.54, 1.807) is 0 Å². The van der Waals surface area contributed by atoms with Crippen LogP contribution in [-0.4, -0.2) is 55.2 Å². The van der Waals surface area contributed by atoms with E-state index in [2.05, 4.69) is 26.2 Å². The number of aryl methyl sites for hydroxylation is 1. The Labute approximate surface area is 113 Å². The molecule has 2 saturated heterocycles. The monoisotopic (exact) mass is 257 g/mol. The van der Waals surface area contributed by atoms with Crippen molar-refractivity contribution in [3.05, 3.63) is 23.4 Å². The minimum atomic E-state index is 0.685. The van der Waals surface area contributed by atoms with Gasteiger partial charge in [-0.25, -0.2) is 4.98 Å². The van der Waals surface area contributed by atoms with Crippen LogP contribution in [0.5, 0.6) is 0 Å². The second kappa shape index (κ2) is 5.16. The van der Waals surface area contributed by atoms with Crippen molar-refractivity contribution in [3.8, 4) is 6.07 Å². The van der Waals surface area contributed by atoms with E-state index < -0.39 is 0 Å². The molecule has 1 N–H and O–H groups in total. The highest BCUT2D eigenvalue weighted by Crippen LogP contribution is 2.20. The van der Waals surface area contributed by atoms with Gasteiger partial charge in [-0.3, -0.25) is 4.90 Å². The Morgan fingerprint density at radius 2 is 2.00 bits per heavy atom. The molecule has 0 spiro atoms. The average molecular weight is 257 g/mol. The van der Waals surface area contributed by atoms with Crippen LogP contribution >= 0.6 is 0 Å². The van der Waals surface area contributed by atoms with Gasteiger partial charge in [0.1, 0.15) is 11.9 Å². The van der Waals surface area contributed by atoms with Crippen LogP contribution in [-0.2, 0) is 0 Å². The number of nitriles is 1. The Balaban J connectivity index is 1.71. The second-order valence-corrected chi connectivity index (χ2v) is 5.27. The average Bonchev–Trinajstić information content (AvgIpc) is 2.37. The molecule has 2 aliphatic heterocycles. The van der Waals surface area contributed by atoms with Crippen molar-refractivity contribution >= 4 is 5.82 Å². The molecule has 5 heteroatoms. The van der Waals surface area contributed by atoms with Gasteiger partial charge in [-0.15, -0.1) is 0 Å². The lowest BCUT2D eigenvalue weighted by Gasteiger charge is -2.43. The first-order valence-corrected chi connectivity index (χ1v) is 6.85. The molecule has 3 heterocycles. The summed E-state index contributed by atoms with van der Waals surface area (Å²) in [6, 6.07) is 6.74. The molecule has 5 nitrogen and oxygen atoms in total. The maximum absolute atomic E-state index is 9.19. The minimum absolute atomic E-state index is 0.685. The van der Waals surface area contributed by atoms with Gasteiger partial charge in [-0.1, -0.05) is 0 Å². The topological polar surface area (TPSA) is 55.2 Å². The number of nitrogens with one attached hydrogen (secondary N) is 1. The van der Waals surface area contributed by atoms with Crippen LogP contribution in [0.4, 0.5) is 5.82 Å². The first-order chi connectivity index (χ1) is 9.28. The highest BCUT2D eigenvalue weighted by atomic mass is 15.3. The fourth-order valence-electron chi connectivity index (χ4n) is 2.70. The Hall–Kier alpha value is -1.64. The second-order valence-electron chi connectivity index (χ2n) is 5.27. The lowest BCUT2D eigenvalue weighted by atomic mass is 10.1. The highest BCUT2D eigenvalue weighted by Gasteiger charge is 2.28. The van der Waals surface area contributed by atoms with Gasteiger partial charge in [0.15, 0.2) is 0 Å². The molecule has 2 aliphatic rings. The van der Waals surface area contributed by atoms with Gasteiger partial charge < -0.3 is 10.2 Å². The maximum atomic E-state index is 9.19. The van der Waals surface area contributed by atoms with Gasteiger partial charge in [-0.2, -0.15) is 5.26 Å². The molecule has 1 aromatic heterocycles. The lowest BCUT2D eigenvalue weighted by Crippen LogP contribution is -2.61. The molecule has 2 fully saturated rings. The number of pyridine rings is 1. The van der Waals surface area contributed by atoms with Crippen molar-refractivity contribution in [2.45, 2.75) is 13.0 Å². The highest BCUT2D eigenvalue weighted by molar-refractivity contribution is 5.54. The number of hydrogen-bond donors (Lipinski definition) is 1. The van der Waals surface area contributed by atoms with Crippen molar-refractivity contribution in [3.63, 3.8) is 0 Å². The summed E-state index contributed by atoms with van der Waals surface area (Å²) in [5, 5.41) is 12.5. The molecule has 0 amide bonds. The third-order valence-corrected chi connectivity index (χ3v) is 4.02. The van der Waals surface area contributed by atoms with Gasteiger partial charge in [0, 0.05) is 51.0 Å². The molecule has 0 aromatic carbocycles. The SMILES string of the molecule is Cc1ccc(C#N)c(N2CCN(C3CNC3)CC2)n1. The fourth-order valence-corrected chi connectivity index (χ4v) is 2.70. The molecular weight excluding hydrogens is 238 g/mol. The molecule has 0 atom stereocenters. The van der Waals surface area contributed by atoms with E-state index in [-0.39, 0.29) is 0 Å². The van der Waals surface area contributed by atoms with E-state index in [0.717, 1.165) is 50.8 Å². The van der Waals surface area contributed by atoms with Crippen LogP contribution in [0.1, 0.15) is 11.3 Å². The zero-order valence-corrected chi connectivity index (χ0v) is 11.3. The zero-order chi connectivity index (χ0) is 13.2. The first-order valence-electron chi connectivity index (χ1n) is 6.85. The van der Waals surface area contributed by atoms with Crippen LogP contribution < -0.4 is 10.2 Å². The van der Waals surface area contributed by atoms with E-state index in [1.807, 2.05) is 19.1 Å². The van der Waals surface area contributed by atoms with Gasteiger partial charge in [0.05, 0.1) is 5.56 Å². The lowest BCUT2D eigenvalue weighted by molar-refractivity contribution is 0.137. The first kappa shape index (κ1) is 12.4. The number of rotatable bonds is 2. The molecular formula is C14H19N5. The number of hydrogen-bond acceptors (Lipinski definition) is 5. The maximum Gasteiger partial charge on any atom is 0.146 e. The molecule has 0 unspecified atom stereocenters. The Kier molecular flexibility index (Phi) is 3.36. The van der Waals surface area contributed by atoms with Crippen molar-refractivity contribution in [2.75, 3.05) is 44.2 Å². The number of nitrogens with zero attached hydrogens (tertiary/aromatic N) is 4. The summed E-state index contributed by atoms with van der Waals surface area (Å²) in [5.41, 5.74) is 1.66. The molecule has 0 aliphatic carbocycles. The summed E-state index contributed by atoms with van der Waals surface area (Å²) in [6.45, 7) is 8.25. The molecule has 0 saturated carbocycles. The molecule has 3 rings (SSSR count). The minimum Gasteiger partial charge on any atom is -0.353 e. The van der Waals surface area contributed by atoms with Gasteiger partial charge in [0.25, 0.3) is 0 Å². The summed E-state index contributed by atoms with van der Waals surface area (Å²) >= 11 is 0. The quantitative estimate of drug-likeness (QED) is 0.829.